The SMILES string of the molecule is [N-]=[N+]=NCCCCCN=[N+]=[N-].[NaH]. The average molecular weight is 178 g/mol. The van der Waals surface area contributed by atoms with Crippen molar-refractivity contribution in [1.29, 1.82) is 0 Å². The summed E-state index contributed by atoms with van der Waals surface area (Å²) in [4.78, 5) is 5.23. The molecule has 0 aromatic rings. The van der Waals surface area contributed by atoms with E-state index in [0.717, 1.165) is 19.3 Å². The quantitative estimate of drug-likeness (QED) is 0.196. The molecule has 0 aromatic heterocycles. The van der Waals surface area contributed by atoms with Gasteiger partial charge in [0.25, 0.3) is 0 Å². The fourth-order valence-electron chi connectivity index (χ4n) is 0.631. The first-order valence-corrected chi connectivity index (χ1v) is 3.43. The Balaban J connectivity index is 0. The van der Waals surface area contributed by atoms with Gasteiger partial charge in [0.2, 0.25) is 0 Å². The third kappa shape index (κ3) is 12.3. The summed E-state index contributed by atoms with van der Waals surface area (Å²) in [5.74, 6) is 0. The van der Waals surface area contributed by atoms with E-state index >= 15 is 0 Å². The predicted octanol–water partition coefficient (Wildman–Crippen LogP) is 2.13. The van der Waals surface area contributed by atoms with Gasteiger partial charge in [-0.05, 0) is 23.9 Å². The molecule has 62 valence electrons. The summed E-state index contributed by atoms with van der Waals surface area (Å²) in [6, 6.07) is 0. The molecule has 0 saturated carbocycles. The number of unbranched alkanes of at least 4 members (excludes halogenated alkanes) is 2. The van der Waals surface area contributed by atoms with E-state index in [1.165, 1.54) is 0 Å². The van der Waals surface area contributed by atoms with Gasteiger partial charge >= 0.3 is 29.6 Å². The van der Waals surface area contributed by atoms with Crippen molar-refractivity contribution < 1.29 is 0 Å². The molecule has 0 fully saturated rings. The molecule has 0 heterocycles. The second kappa shape index (κ2) is 13.2. The number of rotatable bonds is 6. The molecule has 0 bridgehead atoms. The topological polar surface area (TPSA) is 97.5 Å². The van der Waals surface area contributed by atoms with Crippen LogP contribution in [0.2, 0.25) is 0 Å². The van der Waals surface area contributed by atoms with Crippen LogP contribution in [-0.2, 0) is 0 Å². The molecule has 12 heavy (non-hydrogen) atoms. The van der Waals surface area contributed by atoms with E-state index in [2.05, 4.69) is 20.1 Å². The van der Waals surface area contributed by atoms with Crippen molar-refractivity contribution in [3.05, 3.63) is 20.9 Å². The monoisotopic (exact) mass is 178 g/mol. The zero-order valence-electron chi connectivity index (χ0n) is 6.22. The zero-order chi connectivity index (χ0) is 8.36. The molecule has 0 unspecified atom stereocenters. The molecule has 0 aromatic carbocycles. The Morgan fingerprint density at radius 3 is 1.58 bits per heavy atom. The Hall–Kier alpha value is -0.380. The molecule has 0 saturated heterocycles. The van der Waals surface area contributed by atoms with E-state index in [4.69, 9.17) is 11.1 Å². The van der Waals surface area contributed by atoms with Crippen molar-refractivity contribution in [3.63, 3.8) is 0 Å². The van der Waals surface area contributed by atoms with E-state index in [1.54, 1.807) is 0 Å². The third-order valence-corrected chi connectivity index (χ3v) is 1.14. The van der Waals surface area contributed by atoms with Crippen LogP contribution >= 0.6 is 0 Å². The van der Waals surface area contributed by atoms with Crippen molar-refractivity contribution in [3.8, 4) is 0 Å². The molecule has 0 aliphatic heterocycles. The first-order valence-electron chi connectivity index (χ1n) is 3.43. The summed E-state index contributed by atoms with van der Waals surface area (Å²) in [7, 11) is 0. The third-order valence-electron chi connectivity index (χ3n) is 1.14. The summed E-state index contributed by atoms with van der Waals surface area (Å²) < 4.78 is 0. The van der Waals surface area contributed by atoms with Gasteiger partial charge in [0.15, 0.2) is 0 Å². The van der Waals surface area contributed by atoms with Gasteiger partial charge in [-0.3, -0.25) is 0 Å². The van der Waals surface area contributed by atoms with Crippen LogP contribution in [0.4, 0.5) is 0 Å². The van der Waals surface area contributed by atoms with Gasteiger partial charge in [-0.1, -0.05) is 16.6 Å². The Labute approximate surface area is 92.9 Å². The molecule has 7 heteroatoms. The van der Waals surface area contributed by atoms with Crippen molar-refractivity contribution in [2.24, 2.45) is 10.2 Å². The molecule has 0 aliphatic carbocycles. The van der Waals surface area contributed by atoms with Crippen LogP contribution in [0.5, 0.6) is 0 Å². The van der Waals surface area contributed by atoms with Gasteiger partial charge in [0, 0.05) is 22.9 Å². The molecule has 0 rings (SSSR count). The number of nitrogens with zero attached hydrogens (tertiary/aromatic N) is 6. The Morgan fingerprint density at radius 1 is 0.833 bits per heavy atom. The summed E-state index contributed by atoms with van der Waals surface area (Å²) in [6.07, 6.45) is 2.67. The standard InChI is InChI=1S/C5H10N6.Na.H/c6-10-8-4-2-1-3-5-9-11-7;;/h1-5H2;;. The fraction of sp³-hybridized carbons (Fsp3) is 1.00. The van der Waals surface area contributed by atoms with Gasteiger partial charge in [0.05, 0.1) is 0 Å². The van der Waals surface area contributed by atoms with Crippen LogP contribution in [0.3, 0.4) is 0 Å². The molecular weight excluding hydrogens is 167 g/mol. The molecule has 0 radical (unpaired) electrons. The normalized spacial score (nSPS) is 7.33. The Bertz CT molecular complexity index is 160. The molecule has 0 aliphatic rings. The van der Waals surface area contributed by atoms with Crippen molar-refractivity contribution in [2.75, 3.05) is 13.1 Å². The van der Waals surface area contributed by atoms with Gasteiger partial charge in [-0.2, -0.15) is 0 Å². The van der Waals surface area contributed by atoms with Gasteiger partial charge in [-0.15, -0.1) is 0 Å². The number of hydrogen-bond acceptors (Lipinski definition) is 2. The minimum atomic E-state index is 0. The van der Waals surface area contributed by atoms with Crippen LogP contribution in [0.15, 0.2) is 10.2 Å². The Morgan fingerprint density at radius 2 is 1.25 bits per heavy atom. The second-order valence-corrected chi connectivity index (χ2v) is 1.97. The van der Waals surface area contributed by atoms with E-state index in [0.29, 0.717) is 13.1 Å². The zero-order valence-corrected chi connectivity index (χ0v) is 6.22. The van der Waals surface area contributed by atoms with Gasteiger partial charge < -0.3 is 0 Å². The fourth-order valence-corrected chi connectivity index (χ4v) is 0.631. The van der Waals surface area contributed by atoms with Gasteiger partial charge in [-0.25, -0.2) is 0 Å². The van der Waals surface area contributed by atoms with Crippen molar-refractivity contribution in [2.45, 2.75) is 19.3 Å². The second-order valence-electron chi connectivity index (χ2n) is 1.97. The van der Waals surface area contributed by atoms with E-state index < -0.39 is 0 Å². The summed E-state index contributed by atoms with van der Waals surface area (Å²) in [5.41, 5.74) is 15.8. The van der Waals surface area contributed by atoms with Crippen LogP contribution in [-0.4, -0.2) is 42.6 Å². The van der Waals surface area contributed by atoms with Crippen molar-refractivity contribution in [1.82, 2.24) is 0 Å². The van der Waals surface area contributed by atoms with Crippen LogP contribution in [0, 0.1) is 0 Å². The first kappa shape index (κ1) is 14.2. The molecule has 0 spiro atoms. The molecule has 6 nitrogen and oxygen atoms in total. The number of azide groups is 2. The van der Waals surface area contributed by atoms with E-state index in [9.17, 15) is 0 Å². The molecule has 0 N–H and O–H groups in total. The summed E-state index contributed by atoms with van der Waals surface area (Å²) in [5, 5.41) is 6.73. The van der Waals surface area contributed by atoms with Gasteiger partial charge in [0.1, 0.15) is 0 Å². The number of hydrogen-bond donors (Lipinski definition) is 0. The average Bonchev–Trinajstić information content (AvgIpc) is 2.03. The molecular formula is C5H11N6Na. The van der Waals surface area contributed by atoms with Crippen molar-refractivity contribution >= 4 is 29.6 Å². The predicted molar refractivity (Wildman–Crippen MR) is 49.0 cm³/mol. The van der Waals surface area contributed by atoms with Crippen LogP contribution < -0.4 is 0 Å². The van der Waals surface area contributed by atoms with Crippen LogP contribution in [0.25, 0.3) is 20.9 Å². The van der Waals surface area contributed by atoms with E-state index in [-0.39, 0.29) is 29.6 Å². The minimum absolute atomic E-state index is 0. The Kier molecular flexibility index (Phi) is 15.6. The van der Waals surface area contributed by atoms with E-state index in [1.807, 2.05) is 0 Å². The molecule has 0 amide bonds. The maximum atomic E-state index is 7.90. The summed E-state index contributed by atoms with van der Waals surface area (Å²) in [6.45, 7) is 1.07. The summed E-state index contributed by atoms with van der Waals surface area (Å²) >= 11 is 0. The maximum absolute atomic E-state index is 7.90. The van der Waals surface area contributed by atoms with Crippen LogP contribution in [0.1, 0.15) is 19.3 Å². The molecule has 0 atom stereocenters. The first-order chi connectivity index (χ1) is 5.41.